The average Bonchev–Trinajstić information content (AvgIpc) is 2.78. The predicted molar refractivity (Wildman–Crippen MR) is 109 cm³/mol. The van der Waals surface area contributed by atoms with Crippen molar-refractivity contribution >= 4 is 6.09 Å². The van der Waals surface area contributed by atoms with E-state index in [1.807, 2.05) is 18.2 Å². The van der Waals surface area contributed by atoms with Gasteiger partial charge in [0.2, 0.25) is 0 Å². The molecule has 0 aromatic carbocycles. The predicted octanol–water partition coefficient (Wildman–Crippen LogP) is 4.26. The van der Waals surface area contributed by atoms with E-state index in [1.165, 1.54) is 12.2 Å². The number of rotatable bonds is 8. The Morgan fingerprint density at radius 3 is 2.89 bits per heavy atom. The molecule has 1 saturated carbocycles. The Balaban J connectivity index is 1.70. The molecular weight excluding hydrogens is 359 g/mol. The van der Waals surface area contributed by atoms with Crippen molar-refractivity contribution in [1.82, 2.24) is 10.6 Å². The quantitative estimate of drug-likeness (QED) is 0.428. The lowest BCUT2D eigenvalue weighted by Crippen LogP contribution is -2.31. The fourth-order valence-electron chi connectivity index (χ4n) is 3.53. The molecule has 5 nitrogen and oxygen atoms in total. The van der Waals surface area contributed by atoms with Crippen LogP contribution in [0.5, 0.6) is 0 Å². The Bertz CT molecular complexity index is 632. The molecule has 154 valence electrons. The zero-order valence-electron chi connectivity index (χ0n) is 16.3. The van der Waals surface area contributed by atoms with Gasteiger partial charge < -0.3 is 20.5 Å². The summed E-state index contributed by atoms with van der Waals surface area (Å²) in [7, 11) is 0. The van der Waals surface area contributed by atoms with Crippen molar-refractivity contribution in [3.63, 3.8) is 0 Å². The number of cyclic esters (lactones) is 1. The highest BCUT2D eigenvalue weighted by molar-refractivity contribution is 5.67. The Hall–Kier alpha value is -2.34. The van der Waals surface area contributed by atoms with Crippen molar-refractivity contribution < 1.29 is 19.0 Å². The lowest BCUT2D eigenvalue weighted by Gasteiger charge is -2.29. The van der Waals surface area contributed by atoms with E-state index in [9.17, 15) is 14.3 Å². The van der Waals surface area contributed by atoms with Gasteiger partial charge in [-0.3, -0.25) is 0 Å². The van der Waals surface area contributed by atoms with Gasteiger partial charge in [-0.1, -0.05) is 37.6 Å². The van der Waals surface area contributed by atoms with Crippen molar-refractivity contribution in [1.29, 1.82) is 0 Å². The molecule has 1 heterocycles. The molecule has 28 heavy (non-hydrogen) atoms. The standard InChI is InChI=1S/C22H31FN2O3/c1-2-19(23)7-4-3-6-17-9-11-18(12-10-17)16-21(26)25-20-8-5-14-24-22(27)28-15-13-20/h2-5,7-8,13,17-18,21,25-26H,1,6,9-12,14-16H2,(H,24,27)/b4-3+,8-5-,19-7+,20-13+. The van der Waals surface area contributed by atoms with Crippen molar-refractivity contribution in [3.8, 4) is 0 Å². The van der Waals surface area contributed by atoms with Crippen LogP contribution in [0.3, 0.4) is 0 Å². The summed E-state index contributed by atoms with van der Waals surface area (Å²) in [6.07, 6.45) is 16.8. The highest BCUT2D eigenvalue weighted by Gasteiger charge is 2.22. The smallest absolute Gasteiger partial charge is 0.407 e. The normalized spacial score (nSPS) is 28.0. The average molecular weight is 390 g/mol. The van der Waals surface area contributed by atoms with E-state index < -0.39 is 12.3 Å². The number of aliphatic hydroxyl groups excluding tert-OH is 1. The van der Waals surface area contributed by atoms with Crippen molar-refractivity contribution in [2.24, 2.45) is 11.8 Å². The number of allylic oxidation sites excluding steroid dienone is 6. The van der Waals surface area contributed by atoms with Crippen LogP contribution in [0, 0.1) is 11.8 Å². The van der Waals surface area contributed by atoms with Crippen LogP contribution in [-0.2, 0) is 4.74 Å². The van der Waals surface area contributed by atoms with E-state index in [1.54, 1.807) is 12.2 Å². The number of halogens is 1. The topological polar surface area (TPSA) is 70.6 Å². The molecule has 1 unspecified atom stereocenters. The summed E-state index contributed by atoms with van der Waals surface area (Å²) in [6.45, 7) is 3.94. The minimum absolute atomic E-state index is 0.162. The van der Waals surface area contributed by atoms with Crippen LogP contribution >= 0.6 is 0 Å². The van der Waals surface area contributed by atoms with Crippen LogP contribution in [-0.4, -0.2) is 30.6 Å². The zero-order chi connectivity index (χ0) is 20.2. The first kappa shape index (κ1) is 22.0. The van der Waals surface area contributed by atoms with Crippen molar-refractivity contribution in [2.75, 3.05) is 13.2 Å². The molecule has 6 heteroatoms. The van der Waals surface area contributed by atoms with Gasteiger partial charge in [0.1, 0.15) is 18.7 Å². The monoisotopic (exact) mass is 390 g/mol. The second kappa shape index (κ2) is 12.2. The van der Waals surface area contributed by atoms with Gasteiger partial charge in [-0.2, -0.15) is 0 Å². The number of aliphatic hydroxyl groups is 1. The minimum atomic E-state index is -0.631. The molecule has 0 radical (unpaired) electrons. The van der Waals surface area contributed by atoms with E-state index in [2.05, 4.69) is 17.2 Å². The first-order chi connectivity index (χ1) is 13.6. The number of alkyl carbamates (subject to hydrolysis) is 1. The number of carbonyl (C=O) groups is 1. The summed E-state index contributed by atoms with van der Waals surface area (Å²) in [6, 6.07) is 0. The van der Waals surface area contributed by atoms with Gasteiger partial charge in [0, 0.05) is 12.2 Å². The fourth-order valence-corrected chi connectivity index (χ4v) is 3.53. The van der Waals surface area contributed by atoms with Crippen LogP contribution in [0.15, 0.2) is 60.6 Å². The van der Waals surface area contributed by atoms with Gasteiger partial charge in [-0.05, 0) is 61.8 Å². The van der Waals surface area contributed by atoms with Crippen LogP contribution in [0.4, 0.5) is 9.18 Å². The number of nitrogens with one attached hydrogen (secondary N) is 2. The van der Waals surface area contributed by atoms with Gasteiger partial charge >= 0.3 is 6.09 Å². The number of hydrogen-bond acceptors (Lipinski definition) is 4. The number of ether oxygens (including phenoxy) is 1. The largest absolute Gasteiger partial charge is 0.445 e. The molecule has 0 aromatic rings. The number of amides is 1. The third-order valence-corrected chi connectivity index (χ3v) is 5.09. The van der Waals surface area contributed by atoms with Crippen LogP contribution in [0.2, 0.25) is 0 Å². The zero-order valence-corrected chi connectivity index (χ0v) is 16.3. The summed E-state index contributed by atoms with van der Waals surface area (Å²) in [5, 5.41) is 16.1. The third-order valence-electron chi connectivity index (χ3n) is 5.09. The lowest BCUT2D eigenvalue weighted by atomic mass is 9.79. The molecule has 2 rings (SSSR count). The van der Waals surface area contributed by atoms with Gasteiger partial charge in [-0.25, -0.2) is 9.18 Å². The van der Waals surface area contributed by atoms with Crippen LogP contribution in [0.25, 0.3) is 0 Å². The molecular formula is C22H31FN2O3. The minimum Gasteiger partial charge on any atom is -0.445 e. The molecule has 0 spiro atoms. The second-order valence-electron chi connectivity index (χ2n) is 7.24. The second-order valence-corrected chi connectivity index (χ2v) is 7.24. The first-order valence-corrected chi connectivity index (χ1v) is 9.93. The molecule has 0 aromatic heterocycles. The van der Waals surface area contributed by atoms with Crippen LogP contribution < -0.4 is 10.6 Å². The first-order valence-electron chi connectivity index (χ1n) is 9.93. The summed E-state index contributed by atoms with van der Waals surface area (Å²) in [4.78, 5) is 11.2. The summed E-state index contributed by atoms with van der Waals surface area (Å²) in [5.41, 5.74) is 0.752. The summed E-state index contributed by atoms with van der Waals surface area (Å²) >= 11 is 0. The van der Waals surface area contributed by atoms with Crippen LogP contribution in [0.1, 0.15) is 38.5 Å². The molecule has 0 bridgehead atoms. The Labute approximate surface area is 166 Å². The SMILES string of the molecule is C=C/C(F)=C\C=C\CC1CCC(CC(O)NC2=C/COC(=O)NC/C=C\2)CC1. The molecule has 1 aliphatic heterocycles. The van der Waals surface area contributed by atoms with E-state index in [0.717, 1.165) is 37.8 Å². The van der Waals surface area contributed by atoms with Crippen molar-refractivity contribution in [3.05, 3.63) is 60.6 Å². The van der Waals surface area contributed by atoms with Gasteiger partial charge in [0.05, 0.1) is 0 Å². The molecule has 1 aliphatic carbocycles. The third kappa shape index (κ3) is 8.57. The van der Waals surface area contributed by atoms with Crippen molar-refractivity contribution in [2.45, 2.75) is 44.8 Å². The Morgan fingerprint density at radius 2 is 2.14 bits per heavy atom. The molecule has 2 aliphatic rings. The molecule has 1 fully saturated rings. The van der Waals surface area contributed by atoms with E-state index in [0.29, 0.717) is 24.8 Å². The maximum absolute atomic E-state index is 12.9. The van der Waals surface area contributed by atoms with Gasteiger partial charge in [0.25, 0.3) is 0 Å². The highest BCUT2D eigenvalue weighted by Crippen LogP contribution is 2.33. The maximum Gasteiger partial charge on any atom is 0.407 e. The fraction of sp³-hybridized carbons (Fsp3) is 0.500. The highest BCUT2D eigenvalue weighted by atomic mass is 19.1. The number of hydrogen-bond donors (Lipinski definition) is 3. The van der Waals surface area contributed by atoms with Gasteiger partial charge in [-0.15, -0.1) is 0 Å². The molecule has 1 amide bonds. The molecule has 3 N–H and O–H groups in total. The van der Waals surface area contributed by atoms with E-state index >= 15 is 0 Å². The Kier molecular flexibility index (Phi) is 9.55. The summed E-state index contributed by atoms with van der Waals surface area (Å²) < 4.78 is 17.9. The maximum atomic E-state index is 12.9. The van der Waals surface area contributed by atoms with Gasteiger partial charge in [0.15, 0.2) is 0 Å². The molecule has 1 atom stereocenters. The lowest BCUT2D eigenvalue weighted by molar-refractivity contribution is 0.103. The summed E-state index contributed by atoms with van der Waals surface area (Å²) in [5.74, 6) is 0.793. The number of carbonyl (C=O) groups excluding carboxylic acids is 1. The molecule has 0 saturated heterocycles. The Morgan fingerprint density at radius 1 is 1.39 bits per heavy atom. The van der Waals surface area contributed by atoms with E-state index in [4.69, 9.17) is 4.74 Å². The van der Waals surface area contributed by atoms with E-state index in [-0.39, 0.29) is 12.4 Å².